The molecule has 1 heterocycles. The molecular weight excluding hydrogens is 345 g/mol. The molecule has 0 bridgehead atoms. The molecule has 0 fully saturated rings. The highest BCUT2D eigenvalue weighted by atomic mass is 35.5. The zero-order valence-electron chi connectivity index (χ0n) is 11.2. The molecule has 0 radical (unpaired) electrons. The monoisotopic (exact) mass is 355 g/mol. The van der Waals surface area contributed by atoms with Gasteiger partial charge in [0.05, 0.1) is 22.5 Å². The Morgan fingerprint density at radius 3 is 2.64 bits per heavy atom. The minimum absolute atomic E-state index is 0.197. The molecule has 1 amide bonds. The van der Waals surface area contributed by atoms with Crippen LogP contribution in [0.1, 0.15) is 27.5 Å². The number of fused-ring (bicyclic) bond motifs is 1. The summed E-state index contributed by atoms with van der Waals surface area (Å²) >= 11 is 13.0. The van der Waals surface area contributed by atoms with Crippen molar-refractivity contribution < 1.29 is 14.7 Å². The highest BCUT2D eigenvalue weighted by molar-refractivity contribution is 7.15. The molecule has 1 aliphatic rings. The number of carbonyl (C=O) groups is 2. The van der Waals surface area contributed by atoms with Gasteiger partial charge in [-0.05, 0) is 17.5 Å². The van der Waals surface area contributed by atoms with Crippen LogP contribution >= 0.6 is 34.5 Å². The van der Waals surface area contributed by atoms with E-state index < -0.39 is 23.8 Å². The Labute approximate surface area is 140 Å². The van der Waals surface area contributed by atoms with Gasteiger partial charge in [0.2, 0.25) is 0 Å². The summed E-state index contributed by atoms with van der Waals surface area (Å²) in [6.07, 6.45) is 0.397. The molecule has 0 aliphatic heterocycles. The lowest BCUT2D eigenvalue weighted by Crippen LogP contribution is -2.34. The largest absolute Gasteiger partial charge is 0.481 e. The van der Waals surface area contributed by atoms with Crippen LogP contribution in [0.15, 0.2) is 29.6 Å². The SMILES string of the molecule is O=C(NC1c2ccccc2CC1C(=O)O)c1csc(Cl)c1Cl. The summed E-state index contributed by atoms with van der Waals surface area (Å²) in [7, 11) is 0. The van der Waals surface area contributed by atoms with Crippen molar-refractivity contribution in [2.45, 2.75) is 12.5 Å². The van der Waals surface area contributed by atoms with Crippen molar-refractivity contribution in [1.29, 1.82) is 0 Å². The van der Waals surface area contributed by atoms with E-state index in [0.29, 0.717) is 10.8 Å². The number of aliphatic carboxylic acids is 1. The van der Waals surface area contributed by atoms with Crippen LogP contribution in [0.5, 0.6) is 0 Å². The summed E-state index contributed by atoms with van der Waals surface area (Å²) < 4.78 is 0.341. The molecule has 2 atom stereocenters. The van der Waals surface area contributed by atoms with Gasteiger partial charge in [-0.25, -0.2) is 0 Å². The minimum Gasteiger partial charge on any atom is -0.481 e. The fourth-order valence-corrected chi connectivity index (χ4v) is 3.93. The molecule has 4 nitrogen and oxygen atoms in total. The Kier molecular flexibility index (Phi) is 4.12. The zero-order chi connectivity index (χ0) is 15.9. The Morgan fingerprint density at radius 1 is 1.27 bits per heavy atom. The highest BCUT2D eigenvalue weighted by Gasteiger charge is 2.38. The molecule has 1 aromatic heterocycles. The number of hydrogen-bond acceptors (Lipinski definition) is 3. The highest BCUT2D eigenvalue weighted by Crippen LogP contribution is 2.37. The Hall–Kier alpha value is -1.56. The van der Waals surface area contributed by atoms with Gasteiger partial charge in [-0.15, -0.1) is 11.3 Å². The second-order valence-corrected chi connectivity index (χ2v) is 6.90. The van der Waals surface area contributed by atoms with Crippen LogP contribution in [0.25, 0.3) is 0 Å². The lowest BCUT2D eigenvalue weighted by atomic mass is 10.0. The first kappa shape index (κ1) is 15.3. The fourth-order valence-electron chi connectivity index (χ4n) is 2.70. The van der Waals surface area contributed by atoms with Gasteiger partial charge < -0.3 is 10.4 Å². The van der Waals surface area contributed by atoms with E-state index in [0.717, 1.165) is 11.1 Å². The number of thiophene rings is 1. The average Bonchev–Trinajstić information content (AvgIpc) is 3.01. The molecule has 22 heavy (non-hydrogen) atoms. The van der Waals surface area contributed by atoms with Crippen LogP contribution < -0.4 is 5.32 Å². The van der Waals surface area contributed by atoms with Crippen molar-refractivity contribution in [3.63, 3.8) is 0 Å². The maximum Gasteiger partial charge on any atom is 0.309 e. The van der Waals surface area contributed by atoms with Gasteiger partial charge in [0.1, 0.15) is 4.34 Å². The Morgan fingerprint density at radius 2 is 2.00 bits per heavy atom. The van der Waals surface area contributed by atoms with Crippen LogP contribution in [0.2, 0.25) is 9.36 Å². The first-order chi connectivity index (χ1) is 10.5. The molecule has 0 saturated carbocycles. The summed E-state index contributed by atoms with van der Waals surface area (Å²) in [5, 5.41) is 13.9. The number of rotatable bonds is 3. The van der Waals surface area contributed by atoms with Crippen LogP contribution in [-0.4, -0.2) is 17.0 Å². The van der Waals surface area contributed by atoms with E-state index >= 15 is 0 Å². The third-order valence-corrected chi connectivity index (χ3v) is 5.59. The summed E-state index contributed by atoms with van der Waals surface area (Å²) in [5.41, 5.74) is 2.04. The van der Waals surface area contributed by atoms with Crippen molar-refractivity contribution in [2.24, 2.45) is 5.92 Å². The first-order valence-electron chi connectivity index (χ1n) is 6.53. The summed E-state index contributed by atoms with van der Waals surface area (Å²) in [5.74, 6) is -2.04. The molecule has 3 rings (SSSR count). The quantitative estimate of drug-likeness (QED) is 0.880. The standard InChI is InChI=1S/C15H11Cl2NO3S/c16-11-10(6-22-13(11)17)14(19)18-12-8-4-2-1-3-7(8)5-9(12)15(20)21/h1-4,6,9,12H,5H2,(H,18,19)(H,20,21). The second kappa shape index (κ2) is 5.91. The molecular formula is C15H11Cl2NO3S. The maximum absolute atomic E-state index is 12.4. The van der Waals surface area contributed by atoms with E-state index in [9.17, 15) is 14.7 Å². The first-order valence-corrected chi connectivity index (χ1v) is 8.16. The lowest BCUT2D eigenvalue weighted by Gasteiger charge is -2.18. The molecule has 2 N–H and O–H groups in total. The van der Waals surface area contributed by atoms with Crippen molar-refractivity contribution in [2.75, 3.05) is 0 Å². The van der Waals surface area contributed by atoms with Crippen LogP contribution in [-0.2, 0) is 11.2 Å². The van der Waals surface area contributed by atoms with Crippen LogP contribution in [0, 0.1) is 5.92 Å². The predicted molar refractivity (Wildman–Crippen MR) is 85.8 cm³/mol. The van der Waals surface area contributed by atoms with E-state index in [4.69, 9.17) is 23.2 Å². The number of carboxylic acid groups (broad SMARTS) is 1. The van der Waals surface area contributed by atoms with Crippen molar-refractivity contribution in [3.8, 4) is 0 Å². The Bertz CT molecular complexity index is 759. The molecule has 2 aromatic rings. The van der Waals surface area contributed by atoms with E-state index in [-0.39, 0.29) is 10.6 Å². The van der Waals surface area contributed by atoms with E-state index in [1.807, 2.05) is 24.3 Å². The smallest absolute Gasteiger partial charge is 0.309 e. The van der Waals surface area contributed by atoms with E-state index in [1.54, 1.807) is 5.38 Å². The average molecular weight is 356 g/mol. The fraction of sp³-hybridized carbons (Fsp3) is 0.200. The number of carbonyl (C=O) groups excluding carboxylic acids is 1. The van der Waals surface area contributed by atoms with Gasteiger partial charge >= 0.3 is 5.97 Å². The number of halogens is 2. The van der Waals surface area contributed by atoms with Crippen LogP contribution in [0.3, 0.4) is 0 Å². The minimum atomic E-state index is -0.934. The third-order valence-electron chi connectivity index (χ3n) is 3.77. The van der Waals surface area contributed by atoms with E-state index in [1.165, 1.54) is 11.3 Å². The third kappa shape index (κ3) is 2.60. The van der Waals surface area contributed by atoms with E-state index in [2.05, 4.69) is 5.32 Å². The number of benzene rings is 1. The second-order valence-electron chi connectivity index (χ2n) is 5.04. The van der Waals surface area contributed by atoms with Gasteiger partial charge in [0.25, 0.3) is 5.91 Å². The van der Waals surface area contributed by atoms with Crippen molar-refractivity contribution in [3.05, 3.63) is 55.7 Å². The maximum atomic E-state index is 12.4. The van der Waals surface area contributed by atoms with Gasteiger partial charge in [-0.2, -0.15) is 0 Å². The van der Waals surface area contributed by atoms with Gasteiger partial charge in [-0.3, -0.25) is 9.59 Å². The normalized spacial score (nSPS) is 19.7. The lowest BCUT2D eigenvalue weighted by molar-refractivity contribution is -0.142. The molecule has 0 spiro atoms. The van der Waals surface area contributed by atoms with Gasteiger partial charge in [-0.1, -0.05) is 47.5 Å². The molecule has 7 heteroatoms. The van der Waals surface area contributed by atoms with Gasteiger partial charge in [0.15, 0.2) is 0 Å². The molecule has 2 unspecified atom stereocenters. The van der Waals surface area contributed by atoms with Crippen LogP contribution in [0.4, 0.5) is 0 Å². The summed E-state index contributed by atoms with van der Waals surface area (Å²) in [6, 6.07) is 6.83. The topological polar surface area (TPSA) is 66.4 Å². The van der Waals surface area contributed by atoms with Crippen molar-refractivity contribution in [1.82, 2.24) is 5.32 Å². The van der Waals surface area contributed by atoms with Gasteiger partial charge in [0, 0.05) is 5.38 Å². The zero-order valence-corrected chi connectivity index (χ0v) is 13.5. The predicted octanol–water partition coefficient (Wildman–Crippen LogP) is 3.78. The molecule has 1 aromatic carbocycles. The number of hydrogen-bond donors (Lipinski definition) is 2. The Balaban J connectivity index is 1.90. The number of amides is 1. The summed E-state index contributed by atoms with van der Waals surface area (Å²) in [4.78, 5) is 23.8. The van der Waals surface area contributed by atoms with Crippen molar-refractivity contribution >= 4 is 46.4 Å². The molecule has 114 valence electrons. The number of carboxylic acids is 1. The number of nitrogens with one attached hydrogen (secondary N) is 1. The summed E-state index contributed by atoms with van der Waals surface area (Å²) in [6.45, 7) is 0. The molecule has 1 aliphatic carbocycles. The molecule has 0 saturated heterocycles.